The van der Waals surface area contributed by atoms with Crippen molar-refractivity contribution < 1.29 is 9.53 Å². The fourth-order valence-electron chi connectivity index (χ4n) is 3.57. The molecule has 136 valence electrons. The van der Waals surface area contributed by atoms with Crippen LogP contribution >= 0.6 is 0 Å². The molecule has 1 aromatic carbocycles. The van der Waals surface area contributed by atoms with Crippen LogP contribution in [0.4, 0.5) is 0 Å². The van der Waals surface area contributed by atoms with Gasteiger partial charge in [-0.25, -0.2) is 4.98 Å². The minimum absolute atomic E-state index is 0.0920. The molecule has 6 heteroatoms. The lowest BCUT2D eigenvalue weighted by Crippen LogP contribution is -2.26. The number of ether oxygens (including phenoxy) is 1. The van der Waals surface area contributed by atoms with E-state index in [2.05, 4.69) is 4.98 Å². The lowest BCUT2D eigenvalue weighted by Gasteiger charge is -2.20. The number of nitriles is 1. The Kier molecular flexibility index (Phi) is 6.00. The summed E-state index contributed by atoms with van der Waals surface area (Å²) < 4.78 is 6.61. The molecule has 1 aliphatic rings. The average molecular weight is 353 g/mol. The van der Waals surface area contributed by atoms with Gasteiger partial charge in [-0.3, -0.25) is 14.2 Å². The molecular weight excluding hydrogens is 330 g/mol. The molecule has 0 unspecified atom stereocenters. The molecule has 1 heterocycles. The first-order valence-corrected chi connectivity index (χ1v) is 9.20. The highest BCUT2D eigenvalue weighted by atomic mass is 16.5. The zero-order valence-corrected chi connectivity index (χ0v) is 14.8. The summed E-state index contributed by atoms with van der Waals surface area (Å²) in [4.78, 5) is 29.0. The van der Waals surface area contributed by atoms with Crippen LogP contribution in [-0.2, 0) is 22.7 Å². The topological polar surface area (TPSA) is 85.0 Å². The normalized spacial score (nSPS) is 14.9. The second-order valence-electron chi connectivity index (χ2n) is 6.80. The number of aromatic nitrogens is 2. The number of benzene rings is 1. The Morgan fingerprint density at radius 2 is 2.04 bits per heavy atom. The zero-order chi connectivity index (χ0) is 18.4. The minimum Gasteiger partial charge on any atom is -0.458 e. The highest BCUT2D eigenvalue weighted by molar-refractivity contribution is 5.77. The first-order valence-electron chi connectivity index (χ1n) is 9.20. The van der Waals surface area contributed by atoms with Gasteiger partial charge in [0.1, 0.15) is 13.2 Å². The SMILES string of the molecule is N#CCn1c(COC(=O)CCC2CCCCC2)nc2ccccc2c1=O. The second-order valence-corrected chi connectivity index (χ2v) is 6.80. The fourth-order valence-corrected chi connectivity index (χ4v) is 3.57. The molecule has 0 atom stereocenters. The van der Waals surface area contributed by atoms with Crippen molar-refractivity contribution >= 4 is 16.9 Å². The van der Waals surface area contributed by atoms with Crippen molar-refractivity contribution in [3.8, 4) is 6.07 Å². The molecule has 0 amide bonds. The Balaban J connectivity index is 1.67. The van der Waals surface area contributed by atoms with Crippen LogP contribution in [0.3, 0.4) is 0 Å². The Morgan fingerprint density at radius 3 is 2.81 bits per heavy atom. The van der Waals surface area contributed by atoms with Gasteiger partial charge in [0.25, 0.3) is 5.56 Å². The predicted octanol–water partition coefficient (Wildman–Crippen LogP) is 3.32. The van der Waals surface area contributed by atoms with Gasteiger partial charge in [-0.15, -0.1) is 0 Å². The summed E-state index contributed by atoms with van der Waals surface area (Å²) in [5.74, 6) is 0.648. The van der Waals surface area contributed by atoms with Crippen LogP contribution in [0.2, 0.25) is 0 Å². The number of esters is 1. The second kappa shape index (κ2) is 8.61. The molecule has 1 fully saturated rings. The van der Waals surface area contributed by atoms with Crippen LogP contribution in [-0.4, -0.2) is 15.5 Å². The van der Waals surface area contributed by atoms with E-state index in [1.165, 1.54) is 36.7 Å². The van der Waals surface area contributed by atoms with Crippen molar-refractivity contribution in [1.82, 2.24) is 9.55 Å². The summed E-state index contributed by atoms with van der Waals surface area (Å²) in [7, 11) is 0. The first-order chi connectivity index (χ1) is 12.7. The molecule has 1 aromatic heterocycles. The minimum atomic E-state index is -0.287. The third kappa shape index (κ3) is 4.29. The van der Waals surface area contributed by atoms with Gasteiger partial charge in [-0.2, -0.15) is 5.26 Å². The Morgan fingerprint density at radius 1 is 1.27 bits per heavy atom. The molecule has 0 aliphatic heterocycles. The summed E-state index contributed by atoms with van der Waals surface area (Å²) in [6.45, 7) is -0.211. The third-order valence-electron chi connectivity index (χ3n) is 5.01. The predicted molar refractivity (Wildman–Crippen MR) is 97.2 cm³/mol. The number of hydrogen-bond donors (Lipinski definition) is 0. The van der Waals surface area contributed by atoms with E-state index in [1.54, 1.807) is 24.3 Å². The van der Waals surface area contributed by atoms with Crippen molar-refractivity contribution in [2.24, 2.45) is 5.92 Å². The van der Waals surface area contributed by atoms with Gasteiger partial charge in [-0.1, -0.05) is 44.2 Å². The maximum atomic E-state index is 12.5. The van der Waals surface area contributed by atoms with E-state index in [1.807, 2.05) is 6.07 Å². The molecule has 3 rings (SSSR count). The van der Waals surface area contributed by atoms with Crippen molar-refractivity contribution in [2.45, 2.75) is 58.1 Å². The summed E-state index contributed by atoms with van der Waals surface area (Å²) in [6.07, 6.45) is 7.44. The molecule has 0 bridgehead atoms. The molecule has 1 aliphatic carbocycles. The van der Waals surface area contributed by atoms with E-state index in [0.717, 1.165) is 6.42 Å². The van der Waals surface area contributed by atoms with Gasteiger partial charge in [-0.05, 0) is 24.5 Å². The Hall–Kier alpha value is -2.68. The molecule has 1 saturated carbocycles. The standard InChI is InChI=1S/C20H23N3O3/c21-12-13-23-18(22-17-9-5-4-8-16(17)20(23)25)14-26-19(24)11-10-15-6-2-1-3-7-15/h4-5,8-9,15H,1-3,6-7,10-11,13-14H2. The average Bonchev–Trinajstić information content (AvgIpc) is 2.68. The molecule has 0 spiro atoms. The Labute approximate surface area is 152 Å². The zero-order valence-electron chi connectivity index (χ0n) is 14.8. The number of carbonyl (C=O) groups excluding carboxylic acids is 1. The van der Waals surface area contributed by atoms with Crippen molar-refractivity contribution in [2.75, 3.05) is 0 Å². The number of carbonyl (C=O) groups is 1. The van der Waals surface area contributed by atoms with E-state index in [0.29, 0.717) is 29.1 Å². The highest BCUT2D eigenvalue weighted by Gasteiger charge is 2.16. The quantitative estimate of drug-likeness (QED) is 0.744. The molecule has 6 nitrogen and oxygen atoms in total. The number of rotatable bonds is 6. The van der Waals surface area contributed by atoms with E-state index >= 15 is 0 Å². The van der Waals surface area contributed by atoms with Gasteiger partial charge in [0, 0.05) is 6.42 Å². The maximum absolute atomic E-state index is 12.5. The monoisotopic (exact) mass is 353 g/mol. The molecule has 0 radical (unpaired) electrons. The molecular formula is C20H23N3O3. The maximum Gasteiger partial charge on any atom is 0.306 e. The number of fused-ring (bicyclic) bond motifs is 1. The fraction of sp³-hybridized carbons (Fsp3) is 0.500. The molecule has 2 aromatic rings. The Bertz CT molecular complexity index is 876. The number of para-hydroxylation sites is 1. The van der Waals surface area contributed by atoms with Crippen molar-refractivity contribution in [3.05, 3.63) is 40.4 Å². The van der Waals surface area contributed by atoms with Gasteiger partial charge < -0.3 is 4.74 Å². The highest BCUT2D eigenvalue weighted by Crippen LogP contribution is 2.27. The number of hydrogen-bond acceptors (Lipinski definition) is 5. The number of nitrogens with zero attached hydrogens (tertiary/aromatic N) is 3. The largest absolute Gasteiger partial charge is 0.458 e. The molecule has 0 saturated heterocycles. The van der Waals surface area contributed by atoms with Gasteiger partial charge in [0.2, 0.25) is 0 Å². The van der Waals surface area contributed by atoms with Gasteiger partial charge in [0.15, 0.2) is 5.82 Å². The summed E-state index contributed by atoms with van der Waals surface area (Å²) >= 11 is 0. The van der Waals surface area contributed by atoms with Crippen molar-refractivity contribution in [3.63, 3.8) is 0 Å². The van der Waals surface area contributed by atoms with E-state index in [4.69, 9.17) is 10.00 Å². The van der Waals surface area contributed by atoms with Crippen LogP contribution in [0.25, 0.3) is 10.9 Å². The summed E-state index contributed by atoms with van der Waals surface area (Å²) in [6, 6.07) is 8.94. The molecule has 0 N–H and O–H groups in total. The van der Waals surface area contributed by atoms with Crippen LogP contribution in [0, 0.1) is 17.2 Å². The summed E-state index contributed by atoms with van der Waals surface area (Å²) in [5, 5.41) is 9.46. The molecule has 26 heavy (non-hydrogen) atoms. The van der Waals surface area contributed by atoms with E-state index in [-0.39, 0.29) is 24.7 Å². The lowest BCUT2D eigenvalue weighted by molar-refractivity contribution is -0.145. The van der Waals surface area contributed by atoms with Gasteiger partial charge in [0.05, 0.1) is 17.0 Å². The van der Waals surface area contributed by atoms with Gasteiger partial charge >= 0.3 is 5.97 Å². The van der Waals surface area contributed by atoms with Crippen LogP contribution in [0.15, 0.2) is 29.1 Å². The lowest BCUT2D eigenvalue weighted by atomic mass is 9.86. The van der Waals surface area contributed by atoms with Crippen LogP contribution in [0.1, 0.15) is 50.8 Å². The van der Waals surface area contributed by atoms with E-state index < -0.39 is 0 Å². The smallest absolute Gasteiger partial charge is 0.306 e. The van der Waals surface area contributed by atoms with E-state index in [9.17, 15) is 9.59 Å². The van der Waals surface area contributed by atoms with Crippen LogP contribution < -0.4 is 5.56 Å². The summed E-state index contributed by atoms with van der Waals surface area (Å²) in [5.41, 5.74) is 0.255. The van der Waals surface area contributed by atoms with Crippen molar-refractivity contribution in [1.29, 1.82) is 5.26 Å². The third-order valence-corrected chi connectivity index (χ3v) is 5.01. The van der Waals surface area contributed by atoms with Crippen LogP contribution in [0.5, 0.6) is 0 Å². The first kappa shape index (κ1) is 18.1.